The van der Waals surface area contributed by atoms with Crippen molar-refractivity contribution >= 4 is 17.7 Å². The van der Waals surface area contributed by atoms with E-state index in [2.05, 4.69) is 0 Å². The topological polar surface area (TPSA) is 20.3 Å². The number of thioether (sulfide) groups is 1. The highest BCUT2D eigenvalue weighted by Gasteiger charge is 2.37. The van der Waals surface area contributed by atoms with Crippen molar-refractivity contribution in [3.8, 4) is 0 Å². The number of hydrogen-bond acceptors (Lipinski definition) is 2. The van der Waals surface area contributed by atoms with E-state index >= 15 is 0 Å². The van der Waals surface area contributed by atoms with Gasteiger partial charge in [0, 0.05) is 6.54 Å². The predicted molar refractivity (Wildman–Crippen MR) is 83.6 cm³/mol. The molecule has 0 saturated carbocycles. The van der Waals surface area contributed by atoms with Crippen molar-refractivity contribution in [1.82, 2.24) is 4.90 Å². The number of hydrogen-bond donors (Lipinski definition) is 0. The molecule has 1 heterocycles. The Kier molecular flexibility index (Phi) is 4.54. The SMILES string of the molecule is O=C1CSC(c2ccc(C(F)(F)F)c(F)c2)N1Cc1ccccc1. The van der Waals surface area contributed by atoms with Crippen molar-refractivity contribution in [3.63, 3.8) is 0 Å². The predicted octanol–water partition coefficient (Wildman–Crippen LogP) is 4.62. The maximum absolute atomic E-state index is 13.8. The van der Waals surface area contributed by atoms with Crippen molar-refractivity contribution in [2.75, 3.05) is 5.75 Å². The summed E-state index contributed by atoms with van der Waals surface area (Å²) in [5.41, 5.74) is -0.0341. The summed E-state index contributed by atoms with van der Waals surface area (Å²) in [5.74, 6) is -1.21. The van der Waals surface area contributed by atoms with Crippen LogP contribution in [0.5, 0.6) is 0 Å². The molecular weight excluding hydrogens is 342 g/mol. The summed E-state index contributed by atoms with van der Waals surface area (Å²) in [5, 5.41) is -0.491. The van der Waals surface area contributed by atoms with Crippen LogP contribution in [0.1, 0.15) is 22.1 Å². The molecule has 1 aliphatic rings. The monoisotopic (exact) mass is 355 g/mol. The molecule has 2 aromatic rings. The number of nitrogens with zero attached hydrogens (tertiary/aromatic N) is 1. The van der Waals surface area contributed by atoms with Gasteiger partial charge in [-0.1, -0.05) is 36.4 Å². The Balaban J connectivity index is 1.87. The second-order valence-corrected chi connectivity index (χ2v) is 6.48. The Morgan fingerprint density at radius 2 is 1.83 bits per heavy atom. The van der Waals surface area contributed by atoms with Crippen molar-refractivity contribution in [1.29, 1.82) is 0 Å². The largest absolute Gasteiger partial charge is 0.419 e. The van der Waals surface area contributed by atoms with E-state index in [1.54, 1.807) is 4.90 Å². The Morgan fingerprint density at radius 3 is 2.46 bits per heavy atom. The molecule has 0 aliphatic carbocycles. The smallest absolute Gasteiger partial charge is 0.322 e. The Bertz CT molecular complexity index is 748. The van der Waals surface area contributed by atoms with Gasteiger partial charge in [-0.05, 0) is 23.3 Å². The zero-order chi connectivity index (χ0) is 17.3. The van der Waals surface area contributed by atoms with Crippen molar-refractivity contribution in [2.45, 2.75) is 18.1 Å². The maximum atomic E-state index is 13.8. The van der Waals surface area contributed by atoms with Gasteiger partial charge in [0.2, 0.25) is 5.91 Å². The summed E-state index contributed by atoms with van der Waals surface area (Å²) < 4.78 is 51.8. The van der Waals surface area contributed by atoms with Gasteiger partial charge in [0.05, 0.1) is 11.3 Å². The summed E-state index contributed by atoms with van der Waals surface area (Å²) in [7, 11) is 0. The number of rotatable bonds is 3. The second-order valence-electron chi connectivity index (χ2n) is 5.41. The third-order valence-electron chi connectivity index (χ3n) is 3.75. The molecule has 1 unspecified atom stereocenters. The lowest BCUT2D eigenvalue weighted by atomic mass is 10.1. The maximum Gasteiger partial charge on any atom is 0.419 e. The highest BCUT2D eigenvalue weighted by atomic mass is 32.2. The van der Waals surface area contributed by atoms with Gasteiger partial charge >= 0.3 is 6.18 Å². The summed E-state index contributed by atoms with van der Waals surface area (Å²) in [6.07, 6.45) is -4.73. The van der Waals surface area contributed by atoms with Crippen LogP contribution in [0.2, 0.25) is 0 Å². The molecule has 2 aromatic carbocycles. The van der Waals surface area contributed by atoms with Gasteiger partial charge in [0.25, 0.3) is 0 Å². The molecule has 0 radical (unpaired) electrons. The van der Waals surface area contributed by atoms with Crippen LogP contribution in [-0.4, -0.2) is 16.6 Å². The van der Waals surface area contributed by atoms with E-state index in [0.717, 1.165) is 17.7 Å². The average Bonchev–Trinajstić information content (AvgIpc) is 2.88. The second kappa shape index (κ2) is 6.47. The quantitative estimate of drug-likeness (QED) is 0.749. The van der Waals surface area contributed by atoms with Gasteiger partial charge in [0.1, 0.15) is 11.2 Å². The summed E-state index contributed by atoms with van der Waals surface area (Å²) >= 11 is 1.28. The summed E-state index contributed by atoms with van der Waals surface area (Å²) in [6.45, 7) is 0.333. The van der Waals surface area contributed by atoms with Gasteiger partial charge < -0.3 is 4.90 Å². The first-order valence-corrected chi connectivity index (χ1v) is 8.23. The fourth-order valence-electron chi connectivity index (χ4n) is 2.60. The number of halogens is 4. The molecular formula is C17H13F4NOS. The molecule has 0 bridgehead atoms. The molecule has 126 valence electrons. The van der Waals surface area contributed by atoms with Gasteiger partial charge in [-0.15, -0.1) is 11.8 Å². The highest BCUT2D eigenvalue weighted by Crippen LogP contribution is 2.41. The average molecular weight is 355 g/mol. The molecule has 2 nitrogen and oxygen atoms in total. The molecule has 0 spiro atoms. The minimum atomic E-state index is -4.73. The number of carbonyl (C=O) groups is 1. The molecule has 1 atom stereocenters. The van der Waals surface area contributed by atoms with Crippen LogP contribution in [0.4, 0.5) is 17.6 Å². The Morgan fingerprint density at radius 1 is 1.12 bits per heavy atom. The van der Waals surface area contributed by atoms with Crippen LogP contribution in [0, 0.1) is 5.82 Å². The third-order valence-corrected chi connectivity index (χ3v) is 5.00. The van der Waals surface area contributed by atoms with Crippen molar-refractivity contribution in [2.24, 2.45) is 0 Å². The van der Waals surface area contributed by atoms with Crippen LogP contribution in [0.15, 0.2) is 48.5 Å². The van der Waals surface area contributed by atoms with Crippen LogP contribution >= 0.6 is 11.8 Å². The van der Waals surface area contributed by atoms with E-state index in [4.69, 9.17) is 0 Å². The molecule has 1 fully saturated rings. The molecule has 0 aromatic heterocycles. The molecule has 1 amide bonds. The zero-order valence-electron chi connectivity index (χ0n) is 12.4. The minimum absolute atomic E-state index is 0.117. The third kappa shape index (κ3) is 3.40. The Hall–Kier alpha value is -2.02. The number of benzene rings is 2. The van der Waals surface area contributed by atoms with E-state index in [9.17, 15) is 22.4 Å². The Labute approximate surface area is 140 Å². The van der Waals surface area contributed by atoms with E-state index in [1.807, 2.05) is 30.3 Å². The first kappa shape index (κ1) is 16.8. The first-order chi connectivity index (χ1) is 11.4. The minimum Gasteiger partial charge on any atom is -0.322 e. The zero-order valence-corrected chi connectivity index (χ0v) is 13.2. The first-order valence-electron chi connectivity index (χ1n) is 7.18. The number of amides is 1. The number of alkyl halides is 3. The molecule has 0 N–H and O–H groups in total. The lowest BCUT2D eigenvalue weighted by Gasteiger charge is -2.24. The van der Waals surface area contributed by atoms with Gasteiger partial charge in [-0.2, -0.15) is 13.2 Å². The fourth-order valence-corrected chi connectivity index (χ4v) is 3.77. The van der Waals surface area contributed by atoms with Crippen LogP contribution < -0.4 is 0 Å². The van der Waals surface area contributed by atoms with Crippen LogP contribution in [-0.2, 0) is 17.5 Å². The molecule has 3 rings (SSSR count). The molecule has 1 aliphatic heterocycles. The van der Waals surface area contributed by atoms with E-state index < -0.39 is 22.9 Å². The van der Waals surface area contributed by atoms with E-state index in [1.165, 1.54) is 17.8 Å². The van der Waals surface area contributed by atoms with Crippen molar-refractivity contribution in [3.05, 3.63) is 71.0 Å². The molecule has 1 saturated heterocycles. The lowest BCUT2D eigenvalue weighted by molar-refractivity contribution is -0.140. The van der Waals surface area contributed by atoms with E-state index in [-0.39, 0.29) is 11.7 Å². The summed E-state index contributed by atoms with van der Waals surface area (Å²) in [6, 6.07) is 12.1. The van der Waals surface area contributed by atoms with Gasteiger partial charge in [-0.25, -0.2) is 4.39 Å². The van der Waals surface area contributed by atoms with Crippen LogP contribution in [0.25, 0.3) is 0 Å². The summed E-state index contributed by atoms with van der Waals surface area (Å²) in [4.78, 5) is 13.7. The van der Waals surface area contributed by atoms with E-state index in [0.29, 0.717) is 12.1 Å². The van der Waals surface area contributed by atoms with Crippen LogP contribution in [0.3, 0.4) is 0 Å². The van der Waals surface area contributed by atoms with Gasteiger partial charge in [-0.3, -0.25) is 4.79 Å². The number of carbonyl (C=O) groups excluding carboxylic acids is 1. The molecule has 24 heavy (non-hydrogen) atoms. The fraction of sp³-hybridized carbons (Fsp3) is 0.235. The normalized spacial score (nSPS) is 18.2. The highest BCUT2D eigenvalue weighted by molar-refractivity contribution is 8.00. The molecule has 7 heteroatoms. The van der Waals surface area contributed by atoms with Gasteiger partial charge in [0.15, 0.2) is 0 Å². The standard InChI is InChI=1S/C17H13F4NOS/c18-14-8-12(6-7-13(14)17(19,20)21)16-22(15(23)10-24-16)9-11-4-2-1-3-5-11/h1-8,16H,9-10H2. The van der Waals surface area contributed by atoms with Crippen molar-refractivity contribution < 1.29 is 22.4 Å². The lowest BCUT2D eigenvalue weighted by Crippen LogP contribution is -2.27.